The molecule has 0 unspecified atom stereocenters. The lowest BCUT2D eigenvalue weighted by Crippen LogP contribution is -2.06. The van der Waals surface area contributed by atoms with Gasteiger partial charge in [0.05, 0.1) is 10.5 Å². The fourth-order valence-electron chi connectivity index (χ4n) is 1.76. The average molecular weight is 334 g/mol. The van der Waals surface area contributed by atoms with E-state index in [9.17, 15) is 32.1 Å². The Morgan fingerprint density at radius 1 is 1.13 bits per heavy atom. The maximum absolute atomic E-state index is 12.5. The van der Waals surface area contributed by atoms with E-state index >= 15 is 0 Å². The molecular weight excluding hydrogens is 327 g/mol. The van der Waals surface area contributed by atoms with Crippen molar-refractivity contribution in [3.05, 3.63) is 52.2 Å². The number of pyridine rings is 1. The summed E-state index contributed by atoms with van der Waals surface area (Å²) in [6.07, 6.45) is -3.52. The van der Waals surface area contributed by atoms with E-state index in [1.807, 2.05) is 0 Å². The number of nitrogens with zero attached hydrogens (tertiary/aromatic N) is 2. The molecule has 23 heavy (non-hydrogen) atoms. The normalized spacial score (nSPS) is 11.6. The molecule has 1 aromatic carbocycles. The van der Waals surface area contributed by atoms with Crippen molar-refractivity contribution in [1.29, 1.82) is 0 Å². The molecule has 0 aliphatic carbocycles. The van der Waals surface area contributed by atoms with Crippen molar-refractivity contribution in [2.24, 2.45) is 0 Å². The number of nitro groups is 1. The van der Waals surface area contributed by atoms with E-state index in [-0.39, 0.29) is 11.1 Å². The summed E-state index contributed by atoms with van der Waals surface area (Å²) in [5.74, 6) is -0.874. The minimum Gasteiger partial charge on any atom is -0.411 e. The van der Waals surface area contributed by atoms with Gasteiger partial charge in [0.15, 0.2) is 0 Å². The molecule has 1 heterocycles. The number of hydrogen-bond acceptors (Lipinski definition) is 4. The molecule has 0 atom stereocenters. The highest BCUT2D eigenvalue weighted by molar-refractivity contribution is 5.67. The first-order chi connectivity index (χ1) is 10.7. The van der Waals surface area contributed by atoms with E-state index in [0.717, 1.165) is 36.5 Å². The summed E-state index contributed by atoms with van der Waals surface area (Å²) in [6, 6.07) is 4.68. The van der Waals surface area contributed by atoms with E-state index in [1.165, 1.54) is 0 Å². The number of halogens is 5. The molecule has 5 nitrogen and oxygen atoms in total. The monoisotopic (exact) mass is 334 g/mol. The number of benzene rings is 1. The van der Waals surface area contributed by atoms with Gasteiger partial charge in [0.2, 0.25) is 0 Å². The number of aromatic nitrogens is 1. The Kier molecular flexibility index (Phi) is 4.43. The van der Waals surface area contributed by atoms with Gasteiger partial charge in [0.1, 0.15) is 0 Å². The highest BCUT2D eigenvalue weighted by Gasteiger charge is 2.30. The second-order valence-electron chi connectivity index (χ2n) is 4.26. The predicted octanol–water partition coefficient (Wildman–Crippen LogP) is 4.28. The zero-order valence-corrected chi connectivity index (χ0v) is 11.1. The van der Waals surface area contributed by atoms with Crippen LogP contribution < -0.4 is 4.74 Å². The van der Waals surface area contributed by atoms with Gasteiger partial charge in [0.25, 0.3) is 5.88 Å². The van der Waals surface area contributed by atoms with Gasteiger partial charge in [-0.25, -0.2) is 4.98 Å². The molecule has 0 radical (unpaired) electrons. The summed E-state index contributed by atoms with van der Waals surface area (Å²) in [7, 11) is 0. The van der Waals surface area contributed by atoms with E-state index in [0.29, 0.717) is 0 Å². The zero-order chi connectivity index (χ0) is 17.2. The molecule has 0 bridgehead atoms. The molecular formula is C13H7F5N2O3. The van der Waals surface area contributed by atoms with Crippen LogP contribution in [0.1, 0.15) is 5.56 Å². The molecule has 0 N–H and O–H groups in total. The molecule has 0 spiro atoms. The van der Waals surface area contributed by atoms with Crippen LogP contribution in [-0.4, -0.2) is 16.5 Å². The van der Waals surface area contributed by atoms with Crippen molar-refractivity contribution in [3.63, 3.8) is 0 Å². The van der Waals surface area contributed by atoms with Gasteiger partial charge in [-0.1, -0.05) is 12.1 Å². The quantitative estimate of drug-likeness (QED) is 0.476. The largest absolute Gasteiger partial charge is 0.416 e. The third kappa shape index (κ3) is 3.90. The highest BCUT2D eigenvalue weighted by atomic mass is 19.4. The molecule has 0 fully saturated rings. The van der Waals surface area contributed by atoms with Crippen LogP contribution >= 0.6 is 0 Å². The number of hydrogen-bond donors (Lipinski definition) is 0. The zero-order valence-electron chi connectivity index (χ0n) is 11.1. The second-order valence-corrected chi connectivity index (χ2v) is 4.26. The lowest BCUT2D eigenvalue weighted by atomic mass is 10.1. The predicted molar refractivity (Wildman–Crippen MR) is 68.0 cm³/mol. The highest BCUT2D eigenvalue weighted by Crippen LogP contribution is 2.33. The van der Waals surface area contributed by atoms with Crippen LogP contribution in [0.25, 0.3) is 11.1 Å². The number of ether oxygens (including phenoxy) is 1. The summed E-state index contributed by atoms with van der Waals surface area (Å²) in [6.45, 7) is -3.29. The second kappa shape index (κ2) is 6.15. The molecule has 10 heteroatoms. The Hall–Kier alpha value is -2.78. The van der Waals surface area contributed by atoms with Gasteiger partial charge in [-0.3, -0.25) is 10.1 Å². The van der Waals surface area contributed by atoms with Crippen LogP contribution in [-0.2, 0) is 6.18 Å². The SMILES string of the molecule is O=[N+]([O-])c1cc(-c2ccc(C(F)(F)F)cc2)cnc1OC(F)F. The Morgan fingerprint density at radius 3 is 2.22 bits per heavy atom. The summed E-state index contributed by atoms with van der Waals surface area (Å²) in [4.78, 5) is 13.3. The minimum atomic E-state index is -4.52. The molecule has 0 aliphatic heterocycles. The fourth-order valence-corrected chi connectivity index (χ4v) is 1.76. The molecule has 1 aromatic heterocycles. The lowest BCUT2D eigenvalue weighted by Gasteiger charge is -2.08. The van der Waals surface area contributed by atoms with E-state index in [2.05, 4.69) is 9.72 Å². The smallest absolute Gasteiger partial charge is 0.411 e. The lowest BCUT2D eigenvalue weighted by molar-refractivity contribution is -0.386. The molecule has 0 amide bonds. The standard InChI is InChI=1S/C13H7F5N2O3/c14-12(15)23-11-10(20(21)22)5-8(6-19-11)7-1-3-9(4-2-7)13(16,17)18/h1-6,12H. The third-order valence-electron chi connectivity index (χ3n) is 2.78. The van der Waals surface area contributed by atoms with Crippen LogP contribution in [0.5, 0.6) is 5.88 Å². The number of alkyl halides is 5. The van der Waals surface area contributed by atoms with Gasteiger partial charge >= 0.3 is 18.5 Å². The molecule has 2 rings (SSSR count). The maximum Gasteiger partial charge on any atom is 0.416 e. The van der Waals surface area contributed by atoms with Crippen molar-refractivity contribution >= 4 is 5.69 Å². The fraction of sp³-hybridized carbons (Fsp3) is 0.154. The van der Waals surface area contributed by atoms with Crippen molar-refractivity contribution in [3.8, 4) is 17.0 Å². The summed E-state index contributed by atoms with van der Waals surface area (Å²) < 4.78 is 65.7. The molecule has 0 aliphatic rings. The first-order valence-corrected chi connectivity index (χ1v) is 5.95. The average Bonchev–Trinajstić information content (AvgIpc) is 2.46. The van der Waals surface area contributed by atoms with Crippen LogP contribution in [0.15, 0.2) is 36.5 Å². The Labute approximate surface area is 125 Å². The molecule has 2 aromatic rings. The van der Waals surface area contributed by atoms with E-state index < -0.39 is 34.8 Å². The summed E-state index contributed by atoms with van der Waals surface area (Å²) >= 11 is 0. The van der Waals surface area contributed by atoms with Gasteiger partial charge in [-0.2, -0.15) is 22.0 Å². The van der Waals surface area contributed by atoms with Crippen LogP contribution in [0.3, 0.4) is 0 Å². The first-order valence-electron chi connectivity index (χ1n) is 5.95. The van der Waals surface area contributed by atoms with Gasteiger partial charge in [0, 0.05) is 17.8 Å². The van der Waals surface area contributed by atoms with Crippen LogP contribution in [0.4, 0.5) is 27.6 Å². The molecule has 0 saturated heterocycles. The molecule has 0 saturated carbocycles. The summed E-state index contributed by atoms with van der Waals surface area (Å²) in [5.41, 5.74) is -1.41. The van der Waals surface area contributed by atoms with Gasteiger partial charge in [-0.05, 0) is 17.7 Å². The Bertz CT molecular complexity index is 717. The van der Waals surface area contributed by atoms with Crippen molar-refractivity contribution in [2.45, 2.75) is 12.8 Å². The van der Waals surface area contributed by atoms with Gasteiger partial charge < -0.3 is 4.74 Å². The minimum absolute atomic E-state index is 0.0899. The van der Waals surface area contributed by atoms with E-state index in [4.69, 9.17) is 0 Å². The number of rotatable bonds is 4. The Balaban J connectivity index is 2.40. The third-order valence-corrected chi connectivity index (χ3v) is 2.78. The van der Waals surface area contributed by atoms with Crippen molar-refractivity contribution in [2.75, 3.05) is 0 Å². The van der Waals surface area contributed by atoms with Crippen molar-refractivity contribution in [1.82, 2.24) is 4.98 Å². The Morgan fingerprint density at radius 2 is 1.74 bits per heavy atom. The van der Waals surface area contributed by atoms with Gasteiger partial charge in [-0.15, -0.1) is 0 Å². The summed E-state index contributed by atoms with van der Waals surface area (Å²) in [5, 5.41) is 10.9. The van der Waals surface area contributed by atoms with E-state index in [1.54, 1.807) is 0 Å². The van der Waals surface area contributed by atoms with Crippen molar-refractivity contribution < 1.29 is 31.6 Å². The topological polar surface area (TPSA) is 65.3 Å². The van der Waals surface area contributed by atoms with Crippen LogP contribution in [0, 0.1) is 10.1 Å². The maximum atomic E-state index is 12.5. The van der Waals surface area contributed by atoms with Crippen LogP contribution in [0.2, 0.25) is 0 Å². The first kappa shape index (κ1) is 16.6. The molecule has 122 valence electrons.